The van der Waals surface area contributed by atoms with E-state index in [1.165, 1.54) is 11.3 Å². The smallest absolute Gasteiger partial charge is 0.363 e. The largest absolute Gasteiger partial charge is 0.410 e. The molecule has 0 aromatic carbocycles. The van der Waals surface area contributed by atoms with Crippen LogP contribution in [0.5, 0.6) is 0 Å². The maximum Gasteiger partial charge on any atom is 0.363 e. The first-order valence-corrected chi connectivity index (χ1v) is 4.54. The van der Waals surface area contributed by atoms with Crippen LogP contribution in [0.15, 0.2) is 27.2 Å². The summed E-state index contributed by atoms with van der Waals surface area (Å²) in [5, 5.41) is 0. The standard InChI is InChI=1S/C8H7NO2S/c1-5-2-6(3-12-5)7-8(10)11-4-9-7/h2,4H,3H2,1H3/b7-6-. The minimum atomic E-state index is -0.337. The van der Waals surface area contributed by atoms with Crippen molar-refractivity contribution in [2.45, 2.75) is 6.92 Å². The van der Waals surface area contributed by atoms with Crippen LogP contribution in [0.4, 0.5) is 0 Å². The predicted octanol–water partition coefficient (Wildman–Crippen LogP) is 1.48. The van der Waals surface area contributed by atoms with Crippen molar-refractivity contribution >= 4 is 24.1 Å². The molecular formula is C8H7NO2S. The van der Waals surface area contributed by atoms with Gasteiger partial charge in [-0.1, -0.05) is 0 Å². The molecule has 0 atom stereocenters. The molecule has 0 fully saturated rings. The lowest BCUT2D eigenvalue weighted by molar-refractivity contribution is -0.129. The number of carbonyl (C=O) groups excluding carboxylic acids is 1. The van der Waals surface area contributed by atoms with Crippen LogP contribution in [0.1, 0.15) is 6.92 Å². The quantitative estimate of drug-likeness (QED) is 0.419. The zero-order chi connectivity index (χ0) is 8.55. The summed E-state index contributed by atoms with van der Waals surface area (Å²) in [4.78, 5) is 16.1. The molecule has 0 aromatic rings. The zero-order valence-corrected chi connectivity index (χ0v) is 7.35. The lowest BCUT2D eigenvalue weighted by atomic mass is 10.2. The molecule has 4 heteroatoms. The summed E-state index contributed by atoms with van der Waals surface area (Å²) in [5.74, 6) is 0.490. The van der Waals surface area contributed by atoms with E-state index in [4.69, 9.17) is 0 Å². The summed E-state index contributed by atoms with van der Waals surface area (Å²) in [7, 11) is 0. The van der Waals surface area contributed by atoms with E-state index >= 15 is 0 Å². The zero-order valence-electron chi connectivity index (χ0n) is 6.53. The Morgan fingerprint density at radius 3 is 3.00 bits per heavy atom. The van der Waals surface area contributed by atoms with E-state index in [9.17, 15) is 4.79 Å². The van der Waals surface area contributed by atoms with Gasteiger partial charge in [0.15, 0.2) is 12.1 Å². The Bertz CT molecular complexity index is 328. The average Bonchev–Trinajstić information content (AvgIpc) is 2.58. The second-order valence-corrected chi connectivity index (χ2v) is 3.78. The van der Waals surface area contributed by atoms with Crippen LogP contribution < -0.4 is 0 Å². The topological polar surface area (TPSA) is 38.7 Å². The Balaban J connectivity index is 2.37. The van der Waals surface area contributed by atoms with Gasteiger partial charge in [-0.3, -0.25) is 0 Å². The average molecular weight is 181 g/mol. The molecule has 0 aliphatic carbocycles. The van der Waals surface area contributed by atoms with E-state index in [2.05, 4.69) is 9.73 Å². The van der Waals surface area contributed by atoms with Crippen LogP contribution in [0.2, 0.25) is 0 Å². The van der Waals surface area contributed by atoms with Crippen LogP contribution in [0.3, 0.4) is 0 Å². The van der Waals surface area contributed by atoms with Crippen molar-refractivity contribution in [2.24, 2.45) is 4.99 Å². The number of nitrogens with zero attached hydrogens (tertiary/aromatic N) is 1. The number of thioether (sulfide) groups is 1. The summed E-state index contributed by atoms with van der Waals surface area (Å²) in [6, 6.07) is 0. The Morgan fingerprint density at radius 2 is 2.50 bits per heavy atom. The fourth-order valence-corrected chi connectivity index (χ4v) is 1.94. The molecule has 0 saturated heterocycles. The van der Waals surface area contributed by atoms with Crippen molar-refractivity contribution in [2.75, 3.05) is 5.75 Å². The van der Waals surface area contributed by atoms with E-state index in [1.54, 1.807) is 11.8 Å². The fourth-order valence-electron chi connectivity index (χ4n) is 1.11. The van der Waals surface area contributed by atoms with Crippen molar-refractivity contribution < 1.29 is 9.53 Å². The summed E-state index contributed by atoms with van der Waals surface area (Å²) in [6.07, 6.45) is 3.17. The van der Waals surface area contributed by atoms with Crippen molar-refractivity contribution in [1.29, 1.82) is 0 Å². The summed E-state index contributed by atoms with van der Waals surface area (Å²) >= 11 is 1.72. The molecule has 0 radical (unpaired) electrons. The fraction of sp³-hybridized carbons (Fsp3) is 0.250. The molecule has 0 amide bonds. The van der Waals surface area contributed by atoms with Crippen LogP contribution in [0.25, 0.3) is 0 Å². The van der Waals surface area contributed by atoms with E-state index < -0.39 is 0 Å². The molecule has 0 unspecified atom stereocenters. The minimum Gasteiger partial charge on any atom is -0.410 e. The van der Waals surface area contributed by atoms with Crippen molar-refractivity contribution in [1.82, 2.24) is 0 Å². The lowest BCUT2D eigenvalue weighted by Gasteiger charge is -1.93. The van der Waals surface area contributed by atoms with Gasteiger partial charge < -0.3 is 4.74 Å². The molecule has 2 aliphatic heterocycles. The van der Waals surface area contributed by atoms with Crippen LogP contribution >= 0.6 is 11.8 Å². The summed E-state index contributed by atoms with van der Waals surface area (Å²) < 4.78 is 4.59. The first-order chi connectivity index (χ1) is 5.77. The second-order valence-electron chi connectivity index (χ2n) is 2.56. The maximum absolute atomic E-state index is 11.0. The number of carbonyl (C=O) groups is 1. The Kier molecular flexibility index (Phi) is 1.77. The first-order valence-electron chi connectivity index (χ1n) is 3.55. The van der Waals surface area contributed by atoms with Gasteiger partial charge in [-0.05, 0) is 23.5 Å². The number of esters is 1. The van der Waals surface area contributed by atoms with E-state index in [1.807, 2.05) is 13.0 Å². The SMILES string of the molecule is CC1=C/C(=C2/N=COC2=O)CS1. The highest BCUT2D eigenvalue weighted by atomic mass is 32.2. The highest BCUT2D eigenvalue weighted by Crippen LogP contribution is 2.31. The number of rotatable bonds is 0. The van der Waals surface area contributed by atoms with E-state index in [-0.39, 0.29) is 5.97 Å². The molecule has 0 spiro atoms. The lowest BCUT2D eigenvalue weighted by Crippen LogP contribution is -1.99. The molecule has 0 N–H and O–H groups in total. The van der Waals surface area contributed by atoms with Gasteiger partial charge in [-0.2, -0.15) is 0 Å². The third kappa shape index (κ3) is 1.18. The highest BCUT2D eigenvalue weighted by molar-refractivity contribution is 8.03. The van der Waals surface area contributed by atoms with Gasteiger partial charge in [-0.25, -0.2) is 9.79 Å². The molecule has 0 aromatic heterocycles. The molecule has 12 heavy (non-hydrogen) atoms. The number of hydrogen-bond donors (Lipinski definition) is 0. The van der Waals surface area contributed by atoms with Gasteiger partial charge in [0.2, 0.25) is 0 Å². The monoisotopic (exact) mass is 181 g/mol. The number of hydrogen-bond acceptors (Lipinski definition) is 4. The number of ether oxygens (including phenoxy) is 1. The van der Waals surface area contributed by atoms with Gasteiger partial charge in [0.1, 0.15) is 0 Å². The molecule has 2 heterocycles. The molecular weight excluding hydrogens is 174 g/mol. The van der Waals surface area contributed by atoms with Crippen LogP contribution in [-0.2, 0) is 9.53 Å². The van der Waals surface area contributed by atoms with Gasteiger partial charge >= 0.3 is 5.97 Å². The van der Waals surface area contributed by atoms with Crippen LogP contribution in [-0.4, -0.2) is 18.1 Å². The number of cyclic esters (lactones) is 1. The molecule has 0 bridgehead atoms. The van der Waals surface area contributed by atoms with Gasteiger partial charge in [0, 0.05) is 5.75 Å². The Labute approximate surface area is 74.2 Å². The normalized spacial score (nSPS) is 27.8. The van der Waals surface area contributed by atoms with E-state index in [0.29, 0.717) is 5.70 Å². The number of aliphatic imine (C=N–C) groups is 1. The van der Waals surface area contributed by atoms with Crippen molar-refractivity contribution in [3.05, 3.63) is 22.3 Å². The molecule has 0 saturated carbocycles. The third-order valence-corrected chi connectivity index (χ3v) is 2.70. The third-order valence-electron chi connectivity index (χ3n) is 1.67. The summed E-state index contributed by atoms with van der Waals surface area (Å²) in [5.41, 5.74) is 1.43. The summed E-state index contributed by atoms with van der Waals surface area (Å²) in [6.45, 7) is 2.02. The molecule has 62 valence electrons. The van der Waals surface area contributed by atoms with Gasteiger partial charge in [0.25, 0.3) is 0 Å². The Hall–Kier alpha value is -1.03. The second kappa shape index (κ2) is 2.79. The maximum atomic E-state index is 11.0. The predicted molar refractivity (Wildman–Crippen MR) is 47.8 cm³/mol. The molecule has 3 nitrogen and oxygen atoms in total. The molecule has 2 rings (SSSR count). The van der Waals surface area contributed by atoms with Crippen LogP contribution in [0, 0.1) is 0 Å². The molecule has 2 aliphatic rings. The van der Waals surface area contributed by atoms with Gasteiger partial charge in [-0.15, -0.1) is 11.8 Å². The minimum absolute atomic E-state index is 0.337. The van der Waals surface area contributed by atoms with Crippen molar-refractivity contribution in [3.8, 4) is 0 Å². The number of allylic oxidation sites excluding steroid dienone is 2. The van der Waals surface area contributed by atoms with Crippen molar-refractivity contribution in [3.63, 3.8) is 0 Å². The van der Waals surface area contributed by atoms with E-state index in [0.717, 1.165) is 11.3 Å². The Morgan fingerprint density at radius 1 is 1.67 bits per heavy atom. The first kappa shape index (κ1) is 7.61. The highest BCUT2D eigenvalue weighted by Gasteiger charge is 2.21. The van der Waals surface area contributed by atoms with Gasteiger partial charge in [0.05, 0.1) is 0 Å².